The van der Waals surface area contributed by atoms with Crippen LogP contribution in [0.15, 0.2) is 59.8 Å². The molecule has 1 heterocycles. The number of halogens is 1. The highest BCUT2D eigenvalue weighted by atomic mass is 19.1. The maximum absolute atomic E-state index is 13.4. The predicted octanol–water partition coefficient (Wildman–Crippen LogP) is 4.94. The van der Waals surface area contributed by atoms with Gasteiger partial charge in [0.2, 0.25) is 0 Å². The average Bonchev–Trinajstić information content (AvgIpc) is 2.76. The van der Waals surface area contributed by atoms with Gasteiger partial charge >= 0.3 is 6.03 Å². The van der Waals surface area contributed by atoms with Crippen LogP contribution >= 0.6 is 0 Å². The predicted molar refractivity (Wildman–Crippen MR) is 111 cm³/mol. The van der Waals surface area contributed by atoms with Crippen LogP contribution in [0.2, 0.25) is 0 Å². The minimum Gasteiger partial charge on any atom is -0.326 e. The van der Waals surface area contributed by atoms with Crippen molar-refractivity contribution in [1.29, 1.82) is 5.26 Å². The minimum absolute atomic E-state index is 0.00949. The highest BCUT2D eigenvalue weighted by Gasteiger charge is 2.45. The lowest BCUT2D eigenvalue weighted by Crippen LogP contribution is -2.51. The Kier molecular flexibility index (Phi) is 4.90. The molecule has 2 aliphatic rings. The minimum atomic E-state index is -0.630. The molecule has 0 aromatic heterocycles. The zero-order valence-corrected chi connectivity index (χ0v) is 16.9. The van der Waals surface area contributed by atoms with E-state index >= 15 is 0 Å². The van der Waals surface area contributed by atoms with Crippen molar-refractivity contribution in [1.82, 2.24) is 5.32 Å². The van der Waals surface area contributed by atoms with Gasteiger partial charge in [-0.25, -0.2) is 9.18 Å². The smallest absolute Gasteiger partial charge is 0.326 e. The van der Waals surface area contributed by atoms with E-state index in [0.29, 0.717) is 40.9 Å². The SMILES string of the molecule is CC1(C)CCC2=C(C1=O)C(c1ccc(C#N)cc1)NC(=O)N2c1cccc(CF)c1. The van der Waals surface area contributed by atoms with Gasteiger partial charge in [0.25, 0.3) is 0 Å². The fourth-order valence-corrected chi connectivity index (χ4v) is 4.14. The Morgan fingerprint density at radius 3 is 2.60 bits per heavy atom. The van der Waals surface area contributed by atoms with Crippen molar-refractivity contribution in [2.75, 3.05) is 4.90 Å². The molecule has 4 rings (SSSR count). The number of nitrogens with zero attached hydrogens (tertiary/aromatic N) is 2. The topological polar surface area (TPSA) is 73.2 Å². The van der Waals surface area contributed by atoms with Crippen molar-refractivity contribution < 1.29 is 14.0 Å². The van der Waals surface area contributed by atoms with Crippen LogP contribution in [0.4, 0.5) is 14.9 Å². The van der Waals surface area contributed by atoms with Crippen molar-refractivity contribution in [3.63, 3.8) is 0 Å². The third kappa shape index (κ3) is 3.26. The molecule has 1 N–H and O–H groups in total. The summed E-state index contributed by atoms with van der Waals surface area (Å²) in [4.78, 5) is 28.1. The van der Waals surface area contributed by atoms with Gasteiger partial charge in [0, 0.05) is 16.7 Å². The number of alkyl halides is 1. The second-order valence-electron chi connectivity index (χ2n) is 8.33. The van der Waals surface area contributed by atoms with Crippen LogP contribution in [-0.2, 0) is 11.5 Å². The van der Waals surface area contributed by atoms with Gasteiger partial charge in [-0.05, 0) is 48.2 Å². The number of Topliss-reactive ketones (excluding diaryl/α,β-unsaturated/α-hetero) is 1. The van der Waals surface area contributed by atoms with E-state index in [1.165, 1.54) is 4.90 Å². The molecule has 0 bridgehead atoms. The number of rotatable bonds is 3. The van der Waals surface area contributed by atoms with Crippen molar-refractivity contribution in [2.24, 2.45) is 5.41 Å². The number of benzene rings is 2. The Morgan fingerprint density at radius 2 is 1.93 bits per heavy atom. The van der Waals surface area contributed by atoms with Crippen molar-refractivity contribution >= 4 is 17.5 Å². The normalized spacial score (nSPS) is 20.5. The number of anilines is 1. The van der Waals surface area contributed by atoms with Crippen LogP contribution in [0, 0.1) is 16.7 Å². The first-order valence-electron chi connectivity index (χ1n) is 9.89. The molecular formula is C24H22FN3O2. The first-order chi connectivity index (χ1) is 14.4. The molecule has 1 unspecified atom stereocenters. The summed E-state index contributed by atoms with van der Waals surface area (Å²) in [6.45, 7) is 3.20. The zero-order valence-electron chi connectivity index (χ0n) is 16.9. The largest absolute Gasteiger partial charge is 0.327 e. The summed E-state index contributed by atoms with van der Waals surface area (Å²) in [5.74, 6) is -0.00949. The lowest BCUT2D eigenvalue weighted by molar-refractivity contribution is -0.124. The number of nitriles is 1. The summed E-state index contributed by atoms with van der Waals surface area (Å²) >= 11 is 0. The summed E-state index contributed by atoms with van der Waals surface area (Å²) < 4.78 is 13.2. The average molecular weight is 403 g/mol. The number of nitrogens with one attached hydrogen (secondary N) is 1. The molecule has 0 spiro atoms. The number of hydrogen-bond donors (Lipinski definition) is 1. The number of carbonyl (C=O) groups excluding carboxylic acids is 2. The summed E-state index contributed by atoms with van der Waals surface area (Å²) in [5.41, 5.74) is 2.95. The number of allylic oxidation sites excluding steroid dienone is 1. The Labute approximate surface area is 174 Å². The monoisotopic (exact) mass is 403 g/mol. The third-order valence-corrected chi connectivity index (χ3v) is 5.88. The summed E-state index contributed by atoms with van der Waals surface area (Å²) in [6, 6.07) is 14.8. The fraction of sp³-hybridized carbons (Fsp3) is 0.292. The molecule has 152 valence electrons. The van der Waals surface area contributed by atoms with E-state index in [2.05, 4.69) is 11.4 Å². The second kappa shape index (κ2) is 7.42. The lowest BCUT2D eigenvalue weighted by atomic mass is 9.71. The van der Waals surface area contributed by atoms with Crippen LogP contribution < -0.4 is 10.2 Å². The standard InChI is InChI=1S/C24H22FN3O2/c1-24(2)11-10-19-20(22(24)29)21(17-8-6-15(14-26)7-9-17)27-23(30)28(19)18-5-3-4-16(12-18)13-25/h3-9,12,21H,10-11,13H2,1-2H3,(H,27,30). The Morgan fingerprint density at radius 1 is 1.20 bits per heavy atom. The van der Waals surface area contributed by atoms with Gasteiger partial charge in [0.15, 0.2) is 5.78 Å². The van der Waals surface area contributed by atoms with E-state index in [1.54, 1.807) is 48.5 Å². The number of urea groups is 1. The summed E-state index contributed by atoms with van der Waals surface area (Å²) in [7, 11) is 0. The molecule has 0 saturated heterocycles. The highest BCUT2D eigenvalue weighted by Crippen LogP contribution is 2.45. The van der Waals surface area contributed by atoms with Gasteiger partial charge in [-0.3, -0.25) is 9.69 Å². The van der Waals surface area contributed by atoms with Crippen LogP contribution in [-0.4, -0.2) is 11.8 Å². The maximum atomic E-state index is 13.4. The molecule has 2 amide bonds. The first-order valence-corrected chi connectivity index (χ1v) is 9.89. The first kappa shape index (κ1) is 19.8. The number of amides is 2. The van der Waals surface area contributed by atoms with Gasteiger partial charge < -0.3 is 5.32 Å². The highest BCUT2D eigenvalue weighted by molar-refractivity contribution is 6.08. The molecule has 0 saturated carbocycles. The fourth-order valence-electron chi connectivity index (χ4n) is 4.14. The van der Waals surface area contributed by atoms with Crippen molar-refractivity contribution in [2.45, 2.75) is 39.4 Å². The van der Waals surface area contributed by atoms with Crippen LogP contribution in [0.25, 0.3) is 0 Å². The maximum Gasteiger partial charge on any atom is 0.327 e. The van der Waals surface area contributed by atoms with Gasteiger partial charge in [-0.15, -0.1) is 0 Å². The van der Waals surface area contributed by atoms with E-state index in [4.69, 9.17) is 5.26 Å². The quantitative estimate of drug-likeness (QED) is 0.789. The molecule has 2 aromatic carbocycles. The van der Waals surface area contributed by atoms with E-state index in [1.807, 2.05) is 13.8 Å². The van der Waals surface area contributed by atoms with Gasteiger partial charge in [0.1, 0.15) is 6.67 Å². The number of ketones is 1. The van der Waals surface area contributed by atoms with E-state index < -0.39 is 18.1 Å². The Hall–Kier alpha value is -3.46. The molecule has 6 heteroatoms. The summed E-state index contributed by atoms with van der Waals surface area (Å²) in [6.07, 6.45) is 1.19. The van der Waals surface area contributed by atoms with Gasteiger partial charge in [0.05, 0.1) is 23.4 Å². The zero-order chi connectivity index (χ0) is 21.5. The second-order valence-corrected chi connectivity index (χ2v) is 8.33. The third-order valence-electron chi connectivity index (χ3n) is 5.88. The number of hydrogen-bond acceptors (Lipinski definition) is 3. The van der Waals surface area contributed by atoms with E-state index in [0.717, 1.165) is 5.56 Å². The van der Waals surface area contributed by atoms with Crippen LogP contribution in [0.3, 0.4) is 0 Å². The van der Waals surface area contributed by atoms with Crippen LogP contribution in [0.1, 0.15) is 49.4 Å². The number of carbonyl (C=O) groups is 2. The molecule has 5 nitrogen and oxygen atoms in total. The molecular weight excluding hydrogens is 381 g/mol. The van der Waals surface area contributed by atoms with Crippen molar-refractivity contribution in [3.8, 4) is 6.07 Å². The van der Waals surface area contributed by atoms with Gasteiger partial charge in [-0.2, -0.15) is 5.26 Å². The molecule has 0 radical (unpaired) electrons. The lowest BCUT2D eigenvalue weighted by Gasteiger charge is -2.43. The van der Waals surface area contributed by atoms with Crippen LogP contribution in [0.5, 0.6) is 0 Å². The Balaban J connectivity index is 1.87. The molecule has 2 aromatic rings. The molecule has 1 aliphatic heterocycles. The van der Waals surface area contributed by atoms with Crippen molar-refractivity contribution in [3.05, 3.63) is 76.5 Å². The molecule has 0 fully saturated rings. The molecule has 1 atom stereocenters. The molecule has 30 heavy (non-hydrogen) atoms. The summed E-state index contributed by atoms with van der Waals surface area (Å²) in [5, 5.41) is 12.0. The molecule has 1 aliphatic carbocycles. The Bertz CT molecular complexity index is 1100. The van der Waals surface area contributed by atoms with E-state index in [9.17, 15) is 14.0 Å². The van der Waals surface area contributed by atoms with Gasteiger partial charge in [-0.1, -0.05) is 38.1 Å². The van der Waals surface area contributed by atoms with E-state index in [-0.39, 0.29) is 11.8 Å².